The zero-order valence-corrected chi connectivity index (χ0v) is 17.4. The molecule has 148 valence electrons. The minimum absolute atomic E-state index is 0.0349. The molecule has 0 unspecified atom stereocenters. The van der Waals surface area contributed by atoms with Crippen molar-refractivity contribution in [3.8, 4) is 23.3 Å². The van der Waals surface area contributed by atoms with Gasteiger partial charge in [0.2, 0.25) is 5.91 Å². The van der Waals surface area contributed by atoms with Crippen LogP contribution in [0.4, 0.5) is 11.5 Å². The van der Waals surface area contributed by atoms with Gasteiger partial charge in [-0.3, -0.25) is 4.79 Å². The first-order chi connectivity index (χ1) is 14.4. The number of benzene rings is 2. The summed E-state index contributed by atoms with van der Waals surface area (Å²) >= 11 is 1.12. The van der Waals surface area contributed by atoms with Crippen LogP contribution in [0.1, 0.15) is 22.3 Å². The molecule has 2 aromatic carbocycles. The topological polar surface area (TPSA) is 116 Å². The molecule has 6 nitrogen and oxygen atoms in total. The fourth-order valence-electron chi connectivity index (χ4n) is 3.07. The van der Waals surface area contributed by atoms with Crippen LogP contribution in [-0.2, 0) is 4.79 Å². The maximum atomic E-state index is 12.5. The molecule has 0 aliphatic carbocycles. The largest absolute Gasteiger partial charge is 0.383 e. The quantitative estimate of drug-likeness (QED) is 0.598. The number of aryl methyl sites for hydroxylation is 2. The van der Waals surface area contributed by atoms with Crippen molar-refractivity contribution in [2.75, 3.05) is 16.8 Å². The third kappa shape index (κ3) is 4.43. The van der Waals surface area contributed by atoms with E-state index in [1.807, 2.05) is 56.3 Å². The average molecular weight is 414 g/mol. The van der Waals surface area contributed by atoms with Crippen LogP contribution < -0.4 is 11.1 Å². The Labute approximate surface area is 179 Å². The zero-order valence-electron chi connectivity index (χ0n) is 16.6. The Balaban J connectivity index is 1.89. The highest BCUT2D eigenvalue weighted by Gasteiger charge is 2.21. The van der Waals surface area contributed by atoms with Crippen molar-refractivity contribution in [2.45, 2.75) is 18.9 Å². The number of nitrogen functional groups attached to an aromatic ring is 1. The van der Waals surface area contributed by atoms with Gasteiger partial charge in [0, 0.05) is 11.3 Å². The molecule has 3 aromatic rings. The number of amides is 1. The van der Waals surface area contributed by atoms with Crippen LogP contribution in [0.5, 0.6) is 0 Å². The first kappa shape index (κ1) is 20.9. The lowest BCUT2D eigenvalue weighted by Gasteiger charge is -2.13. The number of hydrogen-bond acceptors (Lipinski definition) is 6. The molecule has 0 saturated carbocycles. The molecule has 3 N–H and O–H groups in total. The van der Waals surface area contributed by atoms with Crippen molar-refractivity contribution in [3.05, 3.63) is 70.8 Å². The van der Waals surface area contributed by atoms with E-state index in [-0.39, 0.29) is 28.6 Å². The molecule has 0 radical (unpaired) electrons. The van der Waals surface area contributed by atoms with Gasteiger partial charge in [-0.1, -0.05) is 59.8 Å². The number of carbonyl (C=O) groups is 1. The van der Waals surface area contributed by atoms with Gasteiger partial charge in [-0.15, -0.1) is 0 Å². The molecule has 7 heteroatoms. The number of aromatic nitrogens is 1. The molecule has 0 saturated heterocycles. The Morgan fingerprint density at radius 1 is 1.10 bits per heavy atom. The number of nitrogens with zero attached hydrogens (tertiary/aromatic N) is 3. The van der Waals surface area contributed by atoms with Crippen LogP contribution >= 0.6 is 11.8 Å². The van der Waals surface area contributed by atoms with Crippen LogP contribution in [0.2, 0.25) is 0 Å². The van der Waals surface area contributed by atoms with Gasteiger partial charge >= 0.3 is 0 Å². The van der Waals surface area contributed by atoms with Gasteiger partial charge in [-0.05, 0) is 31.0 Å². The number of thioether (sulfide) groups is 1. The molecule has 0 atom stereocenters. The molecule has 1 aromatic heterocycles. The third-order valence-corrected chi connectivity index (χ3v) is 5.45. The number of carbonyl (C=O) groups excluding carboxylic acids is 1. The van der Waals surface area contributed by atoms with E-state index in [2.05, 4.69) is 16.4 Å². The van der Waals surface area contributed by atoms with Gasteiger partial charge in [-0.25, -0.2) is 4.98 Å². The zero-order chi connectivity index (χ0) is 21.7. The van der Waals surface area contributed by atoms with Gasteiger partial charge in [0.15, 0.2) is 0 Å². The van der Waals surface area contributed by atoms with Crippen molar-refractivity contribution >= 4 is 29.2 Å². The second kappa shape index (κ2) is 9.13. The SMILES string of the molecule is Cc1ccc(NC(=O)CSc2nc(N)c(C#N)c(-c3ccccc3)c2C#N)c(C)c1. The highest BCUT2D eigenvalue weighted by Crippen LogP contribution is 2.35. The lowest BCUT2D eigenvalue weighted by Crippen LogP contribution is -2.15. The smallest absolute Gasteiger partial charge is 0.234 e. The molecule has 1 heterocycles. The molecule has 3 rings (SSSR count). The van der Waals surface area contributed by atoms with E-state index in [0.29, 0.717) is 16.2 Å². The summed E-state index contributed by atoms with van der Waals surface area (Å²) in [5, 5.41) is 22.5. The first-order valence-corrected chi connectivity index (χ1v) is 10.1. The summed E-state index contributed by atoms with van der Waals surface area (Å²) in [5.41, 5.74) is 10.3. The van der Waals surface area contributed by atoms with E-state index in [0.717, 1.165) is 28.6 Å². The van der Waals surface area contributed by atoms with E-state index in [9.17, 15) is 15.3 Å². The maximum Gasteiger partial charge on any atom is 0.234 e. The standard InChI is InChI=1S/C23H19N5OS/c1-14-8-9-19(15(2)10-14)27-20(29)13-30-23-18(12-25)21(16-6-4-3-5-7-16)17(11-24)22(26)28-23/h3-10H,13H2,1-2H3,(H2,26,28)(H,27,29). The summed E-state index contributed by atoms with van der Waals surface area (Å²) in [6.07, 6.45) is 0. The van der Waals surface area contributed by atoms with E-state index >= 15 is 0 Å². The highest BCUT2D eigenvalue weighted by atomic mass is 32.2. The predicted octanol–water partition coefficient (Wildman–Crippen LogP) is 4.42. The van der Waals surface area contributed by atoms with Crippen molar-refractivity contribution in [2.24, 2.45) is 0 Å². The molecular formula is C23H19N5OS. The summed E-state index contributed by atoms with van der Waals surface area (Å²) in [6.45, 7) is 3.92. The van der Waals surface area contributed by atoms with E-state index in [4.69, 9.17) is 5.73 Å². The number of rotatable bonds is 5. The summed E-state index contributed by atoms with van der Waals surface area (Å²) in [6, 6.07) is 19.0. The minimum atomic E-state index is -0.221. The molecule has 0 aliphatic heterocycles. The fourth-order valence-corrected chi connectivity index (χ4v) is 3.87. The van der Waals surface area contributed by atoms with Crippen LogP contribution in [-0.4, -0.2) is 16.6 Å². The molecule has 0 bridgehead atoms. The number of nitriles is 2. The number of hydrogen-bond donors (Lipinski definition) is 2. The molecule has 0 fully saturated rings. The van der Waals surface area contributed by atoms with E-state index in [1.165, 1.54) is 0 Å². The number of nitrogens with one attached hydrogen (secondary N) is 1. The van der Waals surface area contributed by atoms with Crippen LogP contribution in [0, 0.1) is 36.5 Å². The van der Waals surface area contributed by atoms with Gasteiger partial charge < -0.3 is 11.1 Å². The van der Waals surface area contributed by atoms with Crippen molar-refractivity contribution in [1.29, 1.82) is 10.5 Å². The first-order valence-electron chi connectivity index (χ1n) is 9.13. The van der Waals surface area contributed by atoms with E-state index < -0.39 is 0 Å². The van der Waals surface area contributed by atoms with E-state index in [1.54, 1.807) is 12.1 Å². The molecule has 1 amide bonds. The molecule has 0 aliphatic rings. The second-order valence-electron chi connectivity index (χ2n) is 6.67. The Kier molecular flexibility index (Phi) is 6.36. The number of pyridine rings is 1. The van der Waals surface area contributed by atoms with Crippen molar-refractivity contribution in [1.82, 2.24) is 4.98 Å². The number of anilines is 2. The average Bonchev–Trinajstić information content (AvgIpc) is 2.74. The van der Waals surface area contributed by atoms with Crippen LogP contribution in [0.25, 0.3) is 11.1 Å². The highest BCUT2D eigenvalue weighted by molar-refractivity contribution is 8.00. The fraction of sp³-hybridized carbons (Fsp3) is 0.130. The van der Waals surface area contributed by atoms with Gasteiger partial charge in [-0.2, -0.15) is 10.5 Å². The Bertz CT molecular complexity index is 1190. The van der Waals surface area contributed by atoms with Gasteiger partial charge in [0.05, 0.1) is 11.3 Å². The second-order valence-corrected chi connectivity index (χ2v) is 7.64. The molecular weight excluding hydrogens is 394 g/mol. The lowest BCUT2D eigenvalue weighted by atomic mass is 9.97. The monoisotopic (exact) mass is 413 g/mol. The summed E-state index contributed by atoms with van der Waals surface area (Å²) < 4.78 is 0. The molecule has 0 spiro atoms. The normalized spacial score (nSPS) is 10.1. The Hall–Kier alpha value is -3.81. The van der Waals surface area contributed by atoms with Crippen LogP contribution in [0.15, 0.2) is 53.6 Å². The predicted molar refractivity (Wildman–Crippen MR) is 119 cm³/mol. The van der Waals surface area contributed by atoms with Crippen LogP contribution in [0.3, 0.4) is 0 Å². The van der Waals surface area contributed by atoms with Crippen molar-refractivity contribution < 1.29 is 4.79 Å². The Morgan fingerprint density at radius 3 is 2.43 bits per heavy atom. The maximum absolute atomic E-state index is 12.5. The van der Waals surface area contributed by atoms with Gasteiger partial charge in [0.1, 0.15) is 28.5 Å². The lowest BCUT2D eigenvalue weighted by molar-refractivity contribution is -0.113. The van der Waals surface area contributed by atoms with Crippen molar-refractivity contribution in [3.63, 3.8) is 0 Å². The third-order valence-electron chi connectivity index (χ3n) is 4.47. The van der Waals surface area contributed by atoms with Gasteiger partial charge in [0.25, 0.3) is 0 Å². The Morgan fingerprint density at radius 2 is 1.80 bits per heavy atom. The summed E-state index contributed by atoms with van der Waals surface area (Å²) in [5.74, 6) is -0.136. The summed E-state index contributed by atoms with van der Waals surface area (Å²) in [7, 11) is 0. The number of nitrogens with two attached hydrogens (primary N) is 1. The molecule has 30 heavy (non-hydrogen) atoms. The minimum Gasteiger partial charge on any atom is -0.383 e. The summed E-state index contributed by atoms with van der Waals surface area (Å²) in [4.78, 5) is 16.7.